The van der Waals surface area contributed by atoms with Crippen molar-refractivity contribution in [2.24, 2.45) is 5.92 Å². The van der Waals surface area contributed by atoms with Crippen molar-refractivity contribution in [3.8, 4) is 0 Å². The van der Waals surface area contributed by atoms with Gasteiger partial charge in [0.1, 0.15) is 5.54 Å². The van der Waals surface area contributed by atoms with Gasteiger partial charge in [-0.3, -0.25) is 14.9 Å². The number of imide groups is 1. The van der Waals surface area contributed by atoms with Crippen LogP contribution in [0, 0.1) is 5.92 Å². The normalized spacial score (nSPS) is 22.5. The van der Waals surface area contributed by atoms with Gasteiger partial charge in [0.15, 0.2) is 0 Å². The molecule has 0 aliphatic carbocycles. The van der Waals surface area contributed by atoms with E-state index in [1.165, 1.54) is 6.92 Å². The van der Waals surface area contributed by atoms with Crippen LogP contribution in [0.1, 0.15) is 37.0 Å². The van der Waals surface area contributed by atoms with Crippen LogP contribution < -0.4 is 16.0 Å². The number of urea groups is 1. The molecule has 3 atom stereocenters. The van der Waals surface area contributed by atoms with Crippen molar-refractivity contribution < 1.29 is 19.5 Å². The zero-order valence-electron chi connectivity index (χ0n) is 13.8. The minimum absolute atomic E-state index is 0.141. The van der Waals surface area contributed by atoms with Crippen LogP contribution in [-0.2, 0) is 4.79 Å². The van der Waals surface area contributed by atoms with Gasteiger partial charge in [-0.05, 0) is 37.8 Å². The summed E-state index contributed by atoms with van der Waals surface area (Å²) in [7, 11) is 0. The van der Waals surface area contributed by atoms with Crippen LogP contribution in [0.4, 0.5) is 4.79 Å². The molecule has 0 aromatic heterocycles. The maximum Gasteiger partial charge on any atom is 0.322 e. The largest absolute Gasteiger partial charge is 0.390 e. The molecule has 1 aromatic rings. The minimum atomic E-state index is -1.32. The highest BCUT2D eigenvalue weighted by atomic mass is 16.3. The topological polar surface area (TPSA) is 108 Å². The monoisotopic (exact) mass is 333 g/mol. The number of hydrogen-bond donors (Lipinski definition) is 4. The molecule has 3 unspecified atom stereocenters. The van der Waals surface area contributed by atoms with Crippen molar-refractivity contribution in [3.05, 3.63) is 35.9 Å². The van der Waals surface area contributed by atoms with E-state index in [4.69, 9.17) is 0 Å². The molecule has 1 aliphatic heterocycles. The van der Waals surface area contributed by atoms with Gasteiger partial charge in [0.25, 0.3) is 11.8 Å². The van der Waals surface area contributed by atoms with Gasteiger partial charge in [-0.15, -0.1) is 0 Å². The fraction of sp³-hybridized carbons (Fsp3) is 0.471. The molecule has 0 saturated carbocycles. The van der Waals surface area contributed by atoms with Crippen molar-refractivity contribution in [2.45, 2.75) is 38.3 Å². The Kier molecular flexibility index (Phi) is 5.56. The van der Waals surface area contributed by atoms with Gasteiger partial charge in [-0.1, -0.05) is 25.1 Å². The molecule has 7 heteroatoms. The van der Waals surface area contributed by atoms with Crippen LogP contribution in [0.2, 0.25) is 0 Å². The Bertz CT molecular complexity index is 620. The number of nitrogens with one attached hydrogen (secondary N) is 3. The van der Waals surface area contributed by atoms with Crippen LogP contribution in [0.3, 0.4) is 0 Å². The summed E-state index contributed by atoms with van der Waals surface area (Å²) >= 11 is 0. The highest BCUT2D eigenvalue weighted by Crippen LogP contribution is 2.24. The van der Waals surface area contributed by atoms with E-state index in [0.717, 1.165) is 0 Å². The summed E-state index contributed by atoms with van der Waals surface area (Å²) in [5.74, 6) is -0.879. The molecule has 4 amide bonds. The van der Waals surface area contributed by atoms with Crippen molar-refractivity contribution in [3.63, 3.8) is 0 Å². The Hall–Kier alpha value is -2.41. The molecule has 0 spiro atoms. The first-order valence-electron chi connectivity index (χ1n) is 7.99. The first kappa shape index (κ1) is 17.9. The fourth-order valence-corrected chi connectivity index (χ4v) is 2.81. The van der Waals surface area contributed by atoms with E-state index in [2.05, 4.69) is 16.0 Å². The molecule has 0 bridgehead atoms. The number of hydrogen-bond acceptors (Lipinski definition) is 4. The maximum atomic E-state index is 11.9. The fourth-order valence-electron chi connectivity index (χ4n) is 2.81. The Morgan fingerprint density at radius 2 is 1.96 bits per heavy atom. The maximum absolute atomic E-state index is 11.9. The summed E-state index contributed by atoms with van der Waals surface area (Å²) < 4.78 is 0. The molecule has 1 heterocycles. The molecule has 2 rings (SSSR count). The SMILES string of the molecule is CC(CCCNC(=O)c1ccccc1)C(O)C1(C)NC(=O)NC1=O. The van der Waals surface area contributed by atoms with Crippen molar-refractivity contribution >= 4 is 17.8 Å². The molecule has 7 nitrogen and oxygen atoms in total. The molecule has 1 aromatic carbocycles. The van der Waals surface area contributed by atoms with E-state index in [1.54, 1.807) is 24.3 Å². The van der Waals surface area contributed by atoms with Crippen LogP contribution in [0.15, 0.2) is 30.3 Å². The smallest absolute Gasteiger partial charge is 0.322 e. The molecule has 130 valence electrons. The van der Waals surface area contributed by atoms with E-state index in [0.29, 0.717) is 24.9 Å². The Labute approximate surface area is 140 Å². The Morgan fingerprint density at radius 1 is 1.29 bits per heavy atom. The molecular formula is C17H23N3O4. The lowest BCUT2D eigenvalue weighted by atomic mass is 9.84. The highest BCUT2D eigenvalue weighted by molar-refractivity contribution is 6.07. The van der Waals surface area contributed by atoms with Gasteiger partial charge in [0.2, 0.25) is 0 Å². The van der Waals surface area contributed by atoms with E-state index in [-0.39, 0.29) is 11.8 Å². The van der Waals surface area contributed by atoms with Gasteiger partial charge in [-0.25, -0.2) is 4.79 Å². The van der Waals surface area contributed by atoms with E-state index in [1.807, 2.05) is 13.0 Å². The number of aliphatic hydroxyl groups is 1. The summed E-state index contributed by atoms with van der Waals surface area (Å²) in [6.45, 7) is 3.79. The van der Waals surface area contributed by atoms with E-state index < -0.39 is 23.6 Å². The van der Waals surface area contributed by atoms with Crippen molar-refractivity contribution in [1.82, 2.24) is 16.0 Å². The number of carbonyl (C=O) groups is 3. The summed E-state index contributed by atoms with van der Waals surface area (Å²) in [6, 6.07) is 8.33. The van der Waals surface area contributed by atoms with E-state index >= 15 is 0 Å². The second-order valence-corrected chi connectivity index (χ2v) is 6.30. The van der Waals surface area contributed by atoms with Gasteiger partial charge in [0, 0.05) is 12.1 Å². The standard InChI is InChI=1S/C17H23N3O4/c1-11(13(21)17(2)15(23)19-16(24)20-17)7-6-10-18-14(22)12-8-4-3-5-9-12/h3-5,8-9,11,13,21H,6-7,10H2,1-2H3,(H,18,22)(H2,19,20,23,24). The molecule has 0 radical (unpaired) electrons. The number of carbonyl (C=O) groups excluding carboxylic acids is 3. The third-order valence-electron chi connectivity index (χ3n) is 4.36. The van der Waals surface area contributed by atoms with Crippen LogP contribution >= 0.6 is 0 Å². The molecule has 1 fully saturated rings. The lowest BCUT2D eigenvalue weighted by Gasteiger charge is -2.31. The molecule has 1 aliphatic rings. The highest BCUT2D eigenvalue weighted by Gasteiger charge is 2.49. The Morgan fingerprint density at radius 3 is 2.54 bits per heavy atom. The van der Waals surface area contributed by atoms with Crippen LogP contribution in [0.5, 0.6) is 0 Å². The lowest BCUT2D eigenvalue weighted by Crippen LogP contribution is -2.56. The summed E-state index contributed by atoms with van der Waals surface area (Å²) in [6.07, 6.45) is 0.256. The zero-order chi connectivity index (χ0) is 17.7. The zero-order valence-corrected chi connectivity index (χ0v) is 13.8. The second kappa shape index (κ2) is 7.44. The third-order valence-corrected chi connectivity index (χ3v) is 4.36. The average Bonchev–Trinajstić information content (AvgIpc) is 2.84. The molecular weight excluding hydrogens is 310 g/mol. The first-order chi connectivity index (χ1) is 11.3. The predicted octanol–water partition coefficient (Wildman–Crippen LogP) is 0.792. The van der Waals surface area contributed by atoms with Crippen LogP contribution in [-0.4, -0.2) is 41.1 Å². The minimum Gasteiger partial charge on any atom is -0.390 e. The quantitative estimate of drug-likeness (QED) is 0.437. The first-order valence-corrected chi connectivity index (χ1v) is 7.99. The van der Waals surface area contributed by atoms with Crippen molar-refractivity contribution in [2.75, 3.05) is 6.54 Å². The van der Waals surface area contributed by atoms with Gasteiger partial charge in [0.05, 0.1) is 6.10 Å². The number of rotatable bonds is 7. The lowest BCUT2D eigenvalue weighted by molar-refractivity contribution is -0.128. The number of aliphatic hydroxyl groups excluding tert-OH is 1. The number of amides is 4. The molecule has 1 saturated heterocycles. The second-order valence-electron chi connectivity index (χ2n) is 6.30. The summed E-state index contributed by atoms with van der Waals surface area (Å²) in [4.78, 5) is 35.0. The summed E-state index contributed by atoms with van der Waals surface area (Å²) in [5.41, 5.74) is -0.715. The van der Waals surface area contributed by atoms with E-state index in [9.17, 15) is 19.5 Å². The molecule has 4 N–H and O–H groups in total. The number of benzene rings is 1. The summed E-state index contributed by atoms with van der Waals surface area (Å²) in [5, 5.41) is 17.8. The third kappa shape index (κ3) is 3.91. The van der Waals surface area contributed by atoms with Gasteiger partial charge >= 0.3 is 6.03 Å². The van der Waals surface area contributed by atoms with Crippen LogP contribution in [0.25, 0.3) is 0 Å². The molecule has 24 heavy (non-hydrogen) atoms. The van der Waals surface area contributed by atoms with Gasteiger partial charge < -0.3 is 15.7 Å². The van der Waals surface area contributed by atoms with Crippen molar-refractivity contribution in [1.29, 1.82) is 0 Å². The van der Waals surface area contributed by atoms with Gasteiger partial charge in [-0.2, -0.15) is 0 Å². The average molecular weight is 333 g/mol. The predicted molar refractivity (Wildman–Crippen MR) is 88.3 cm³/mol. The Balaban J connectivity index is 1.77.